The second kappa shape index (κ2) is 4.31. The molecule has 15 heavy (non-hydrogen) atoms. The number of hydrogen-bond donors (Lipinski definition) is 1. The maximum absolute atomic E-state index is 14.7. The van der Waals surface area contributed by atoms with Gasteiger partial charge >= 0.3 is 0 Å². The van der Waals surface area contributed by atoms with Crippen LogP contribution >= 0.6 is 0 Å². The molecule has 1 aromatic rings. The molecule has 1 aliphatic heterocycles. The predicted molar refractivity (Wildman–Crippen MR) is 60.7 cm³/mol. The summed E-state index contributed by atoms with van der Waals surface area (Å²) >= 11 is 0. The summed E-state index contributed by atoms with van der Waals surface area (Å²) in [5.41, 5.74) is 0.878. The summed E-state index contributed by atoms with van der Waals surface area (Å²) in [5, 5.41) is 3.25. The molecule has 1 unspecified atom stereocenters. The lowest BCUT2D eigenvalue weighted by atomic mass is 9.88. The van der Waals surface area contributed by atoms with Gasteiger partial charge < -0.3 is 5.32 Å². The topological polar surface area (TPSA) is 12.0 Å². The van der Waals surface area contributed by atoms with Crippen LogP contribution in [0.2, 0.25) is 0 Å². The minimum atomic E-state index is -1.12. The smallest absolute Gasteiger partial charge is 0.137 e. The van der Waals surface area contributed by atoms with Crippen LogP contribution in [0.5, 0.6) is 0 Å². The largest absolute Gasteiger partial charge is 0.317 e. The van der Waals surface area contributed by atoms with Crippen molar-refractivity contribution in [2.75, 3.05) is 13.1 Å². The molecule has 0 saturated carbocycles. The second-order valence-electron chi connectivity index (χ2n) is 4.44. The Morgan fingerprint density at radius 2 is 2.13 bits per heavy atom. The number of nitrogens with one attached hydrogen (secondary N) is 1. The lowest BCUT2D eigenvalue weighted by molar-refractivity contribution is 0.145. The highest BCUT2D eigenvalue weighted by atomic mass is 19.1. The summed E-state index contributed by atoms with van der Waals surface area (Å²) < 4.78 is 14.7. The maximum atomic E-state index is 14.7. The molecule has 0 bridgehead atoms. The zero-order valence-corrected chi connectivity index (χ0v) is 9.22. The first-order valence-corrected chi connectivity index (χ1v) is 5.67. The fourth-order valence-corrected chi connectivity index (χ4v) is 2.24. The normalized spacial score (nSPS) is 27.3. The van der Waals surface area contributed by atoms with Crippen molar-refractivity contribution in [2.45, 2.75) is 31.9 Å². The fraction of sp³-hybridized carbons (Fsp3) is 0.538. The van der Waals surface area contributed by atoms with Gasteiger partial charge in [0.25, 0.3) is 0 Å². The van der Waals surface area contributed by atoms with E-state index in [1.165, 1.54) is 0 Å². The molecular formula is C13H18FN. The van der Waals surface area contributed by atoms with Gasteiger partial charge in [-0.1, -0.05) is 29.8 Å². The van der Waals surface area contributed by atoms with E-state index in [0.29, 0.717) is 12.8 Å². The molecule has 2 heteroatoms. The van der Waals surface area contributed by atoms with Crippen LogP contribution in [0.15, 0.2) is 24.3 Å². The number of benzene rings is 1. The van der Waals surface area contributed by atoms with Crippen molar-refractivity contribution in [1.82, 2.24) is 5.32 Å². The Kier molecular flexibility index (Phi) is 3.06. The van der Waals surface area contributed by atoms with Crippen LogP contribution in [0, 0.1) is 6.92 Å². The van der Waals surface area contributed by atoms with Gasteiger partial charge in [0.2, 0.25) is 0 Å². The van der Waals surface area contributed by atoms with Gasteiger partial charge in [-0.25, -0.2) is 4.39 Å². The third kappa shape index (κ3) is 2.37. The molecule has 1 heterocycles. The fourth-order valence-electron chi connectivity index (χ4n) is 2.24. The van der Waals surface area contributed by atoms with Gasteiger partial charge in [-0.05, 0) is 44.8 Å². The first-order valence-electron chi connectivity index (χ1n) is 5.67. The average Bonchev–Trinajstić information content (AvgIpc) is 2.44. The van der Waals surface area contributed by atoms with E-state index in [9.17, 15) is 4.39 Å². The van der Waals surface area contributed by atoms with E-state index in [-0.39, 0.29) is 0 Å². The van der Waals surface area contributed by atoms with E-state index in [1.807, 2.05) is 31.2 Å². The Bertz CT molecular complexity index is 327. The van der Waals surface area contributed by atoms with Crippen LogP contribution in [0.4, 0.5) is 4.39 Å². The molecule has 0 spiro atoms. The Hall–Kier alpha value is -0.890. The van der Waals surface area contributed by atoms with Crippen molar-refractivity contribution >= 4 is 0 Å². The molecular weight excluding hydrogens is 189 g/mol. The van der Waals surface area contributed by atoms with Gasteiger partial charge in [0, 0.05) is 0 Å². The van der Waals surface area contributed by atoms with Gasteiger partial charge in [0.05, 0.1) is 0 Å². The number of hydrogen-bond acceptors (Lipinski definition) is 1. The first kappa shape index (κ1) is 10.6. The lowest BCUT2D eigenvalue weighted by Crippen LogP contribution is -2.22. The van der Waals surface area contributed by atoms with E-state index in [1.54, 1.807) is 0 Å². The minimum absolute atomic E-state index is 0.594. The summed E-state index contributed by atoms with van der Waals surface area (Å²) in [6.45, 7) is 3.74. The van der Waals surface area contributed by atoms with Crippen molar-refractivity contribution in [3.05, 3.63) is 35.4 Å². The quantitative estimate of drug-likeness (QED) is 0.746. The SMILES string of the molecule is Cc1cccc(C2(F)CCCNCC2)c1. The maximum Gasteiger partial charge on any atom is 0.137 e. The second-order valence-corrected chi connectivity index (χ2v) is 4.44. The van der Waals surface area contributed by atoms with Gasteiger partial charge in [-0.2, -0.15) is 0 Å². The summed E-state index contributed by atoms with van der Waals surface area (Å²) in [7, 11) is 0. The van der Waals surface area contributed by atoms with Gasteiger partial charge in [-0.3, -0.25) is 0 Å². The van der Waals surface area contributed by atoms with Crippen LogP contribution in [-0.4, -0.2) is 13.1 Å². The molecule has 1 nitrogen and oxygen atoms in total. The van der Waals surface area contributed by atoms with Crippen molar-refractivity contribution in [2.24, 2.45) is 0 Å². The molecule has 82 valence electrons. The standard InChI is InChI=1S/C13H18FN/c1-11-4-2-5-12(10-11)13(14)6-3-8-15-9-7-13/h2,4-5,10,15H,3,6-9H2,1H3. The Morgan fingerprint density at radius 1 is 1.27 bits per heavy atom. The van der Waals surface area contributed by atoms with Gasteiger partial charge in [-0.15, -0.1) is 0 Å². The highest BCUT2D eigenvalue weighted by Crippen LogP contribution is 2.35. The highest BCUT2D eigenvalue weighted by molar-refractivity contribution is 5.27. The first-order chi connectivity index (χ1) is 7.21. The number of rotatable bonds is 1. The van der Waals surface area contributed by atoms with Crippen molar-refractivity contribution in [3.63, 3.8) is 0 Å². The van der Waals surface area contributed by atoms with Crippen LogP contribution < -0.4 is 5.32 Å². The van der Waals surface area contributed by atoms with E-state index < -0.39 is 5.67 Å². The van der Waals surface area contributed by atoms with Crippen molar-refractivity contribution < 1.29 is 4.39 Å². The molecule has 1 atom stereocenters. The molecule has 2 rings (SSSR count). The zero-order valence-electron chi connectivity index (χ0n) is 9.22. The third-order valence-electron chi connectivity index (χ3n) is 3.16. The molecule has 1 N–H and O–H groups in total. The van der Waals surface area contributed by atoms with Crippen LogP contribution in [0.1, 0.15) is 30.4 Å². The van der Waals surface area contributed by atoms with E-state index in [4.69, 9.17) is 0 Å². The number of aryl methyl sites for hydroxylation is 1. The molecule has 0 aliphatic carbocycles. The van der Waals surface area contributed by atoms with E-state index in [2.05, 4.69) is 5.32 Å². The Balaban J connectivity index is 2.26. The highest BCUT2D eigenvalue weighted by Gasteiger charge is 2.32. The number of alkyl halides is 1. The molecule has 1 aliphatic rings. The number of halogens is 1. The van der Waals surface area contributed by atoms with Gasteiger partial charge in [0.1, 0.15) is 5.67 Å². The molecule has 1 fully saturated rings. The summed E-state index contributed by atoms with van der Waals surface area (Å²) in [6, 6.07) is 7.86. The van der Waals surface area contributed by atoms with Gasteiger partial charge in [0.15, 0.2) is 0 Å². The monoisotopic (exact) mass is 207 g/mol. The van der Waals surface area contributed by atoms with Crippen molar-refractivity contribution in [1.29, 1.82) is 0 Å². The minimum Gasteiger partial charge on any atom is -0.317 e. The summed E-state index contributed by atoms with van der Waals surface area (Å²) in [5.74, 6) is 0. The molecule has 0 aromatic heterocycles. The Labute approximate surface area is 90.7 Å². The Morgan fingerprint density at radius 3 is 2.93 bits per heavy atom. The summed E-state index contributed by atoms with van der Waals surface area (Å²) in [6.07, 6.45) is 2.16. The van der Waals surface area contributed by atoms with E-state index in [0.717, 1.165) is 30.6 Å². The van der Waals surface area contributed by atoms with E-state index >= 15 is 0 Å². The average molecular weight is 207 g/mol. The van der Waals surface area contributed by atoms with Crippen molar-refractivity contribution in [3.8, 4) is 0 Å². The summed E-state index contributed by atoms with van der Waals surface area (Å²) in [4.78, 5) is 0. The predicted octanol–water partition coefficient (Wildman–Crippen LogP) is 2.93. The van der Waals surface area contributed by atoms with Crippen LogP contribution in [-0.2, 0) is 5.67 Å². The van der Waals surface area contributed by atoms with Crippen LogP contribution in [0.25, 0.3) is 0 Å². The molecule has 0 radical (unpaired) electrons. The molecule has 1 saturated heterocycles. The van der Waals surface area contributed by atoms with Crippen LogP contribution in [0.3, 0.4) is 0 Å². The molecule has 0 amide bonds. The molecule has 1 aromatic carbocycles. The third-order valence-corrected chi connectivity index (χ3v) is 3.16. The zero-order chi connectivity index (χ0) is 10.7. The lowest BCUT2D eigenvalue weighted by Gasteiger charge is -2.24.